The van der Waals surface area contributed by atoms with Gasteiger partial charge in [0.1, 0.15) is 23.2 Å². The van der Waals surface area contributed by atoms with E-state index in [1.54, 1.807) is 30.0 Å². The molecule has 0 N–H and O–H groups in total. The number of aromatic nitrogens is 4. The Hall–Kier alpha value is -4.01. The van der Waals surface area contributed by atoms with Gasteiger partial charge in [-0.1, -0.05) is 6.07 Å². The Kier molecular flexibility index (Phi) is 5.55. The standard InChI is InChI=1S/C27H27FN6O2/c1-17-23-25(32-12-14-33(15-13-32)27(35)19-4-3-5-22(16-19)36-2)29-24(18-6-7-18)30-26(23)34(31-17)21-10-8-20(28)9-11-21/h3-5,8-11,16,18H,6-7,12-15H2,1-2H3. The molecule has 2 aromatic carbocycles. The summed E-state index contributed by atoms with van der Waals surface area (Å²) >= 11 is 0. The number of benzene rings is 2. The van der Waals surface area contributed by atoms with Crippen molar-refractivity contribution in [3.8, 4) is 11.4 Å². The molecule has 1 saturated heterocycles. The van der Waals surface area contributed by atoms with E-state index in [9.17, 15) is 9.18 Å². The van der Waals surface area contributed by atoms with E-state index < -0.39 is 0 Å². The van der Waals surface area contributed by atoms with Crippen molar-refractivity contribution in [1.29, 1.82) is 0 Å². The first-order valence-corrected chi connectivity index (χ1v) is 12.2. The average molecular weight is 487 g/mol. The smallest absolute Gasteiger partial charge is 0.254 e. The summed E-state index contributed by atoms with van der Waals surface area (Å²) in [6.07, 6.45) is 2.16. The van der Waals surface area contributed by atoms with Crippen LogP contribution < -0.4 is 9.64 Å². The summed E-state index contributed by atoms with van der Waals surface area (Å²) in [4.78, 5) is 27.1. The van der Waals surface area contributed by atoms with Crippen LogP contribution in [0.3, 0.4) is 0 Å². The van der Waals surface area contributed by atoms with E-state index in [4.69, 9.17) is 19.8 Å². The van der Waals surface area contributed by atoms with Crippen LogP contribution in [0.25, 0.3) is 16.7 Å². The molecule has 1 amide bonds. The summed E-state index contributed by atoms with van der Waals surface area (Å²) in [5, 5.41) is 5.65. The van der Waals surface area contributed by atoms with Gasteiger partial charge in [-0.3, -0.25) is 4.79 Å². The maximum atomic E-state index is 13.5. The van der Waals surface area contributed by atoms with E-state index >= 15 is 0 Å². The lowest BCUT2D eigenvalue weighted by molar-refractivity contribution is 0.0746. The average Bonchev–Trinajstić information content (AvgIpc) is 3.72. The quantitative estimate of drug-likeness (QED) is 0.423. The number of hydrogen-bond acceptors (Lipinski definition) is 6. The molecule has 184 valence electrons. The third kappa shape index (κ3) is 4.04. The van der Waals surface area contributed by atoms with Crippen molar-refractivity contribution < 1.29 is 13.9 Å². The van der Waals surface area contributed by atoms with Crippen LogP contribution in [-0.2, 0) is 0 Å². The van der Waals surface area contributed by atoms with Crippen molar-refractivity contribution >= 4 is 22.8 Å². The first-order chi connectivity index (χ1) is 17.5. The molecule has 9 heteroatoms. The first-order valence-electron chi connectivity index (χ1n) is 12.2. The van der Waals surface area contributed by atoms with Gasteiger partial charge in [-0.2, -0.15) is 5.10 Å². The Morgan fingerprint density at radius 2 is 1.78 bits per heavy atom. The summed E-state index contributed by atoms with van der Waals surface area (Å²) in [6.45, 7) is 4.45. The Bertz CT molecular complexity index is 1440. The minimum absolute atomic E-state index is 0.000337. The van der Waals surface area contributed by atoms with Crippen LogP contribution in [0.1, 0.15) is 40.6 Å². The minimum atomic E-state index is -0.290. The number of rotatable bonds is 5. The Labute approximate surface area is 208 Å². The van der Waals surface area contributed by atoms with Gasteiger partial charge in [-0.05, 0) is 62.2 Å². The molecule has 8 nitrogen and oxygen atoms in total. The molecule has 0 atom stereocenters. The number of aryl methyl sites for hydroxylation is 1. The second kappa shape index (κ2) is 8.89. The van der Waals surface area contributed by atoms with E-state index in [1.807, 2.05) is 30.0 Å². The van der Waals surface area contributed by atoms with Gasteiger partial charge in [0.2, 0.25) is 0 Å². The number of halogens is 1. The normalized spacial score (nSPS) is 16.0. The van der Waals surface area contributed by atoms with Crippen LogP contribution in [-0.4, -0.2) is 63.8 Å². The van der Waals surface area contributed by atoms with Crippen LogP contribution in [0.5, 0.6) is 5.75 Å². The SMILES string of the molecule is COc1cccc(C(=O)N2CCN(c3nc(C4CC4)nc4c3c(C)nn4-c3ccc(F)cc3)CC2)c1. The van der Waals surface area contributed by atoms with Gasteiger partial charge >= 0.3 is 0 Å². The molecular weight excluding hydrogens is 459 g/mol. The molecule has 0 spiro atoms. The molecular formula is C27H27FN6O2. The summed E-state index contributed by atoms with van der Waals surface area (Å²) in [5.41, 5.74) is 2.94. The number of amides is 1. The minimum Gasteiger partial charge on any atom is -0.497 e. The molecule has 2 aromatic heterocycles. The summed E-state index contributed by atoms with van der Waals surface area (Å²) in [5.74, 6) is 2.43. The number of carbonyl (C=O) groups excluding carboxylic acids is 1. The largest absolute Gasteiger partial charge is 0.497 e. The van der Waals surface area contributed by atoms with Gasteiger partial charge in [-0.25, -0.2) is 19.0 Å². The van der Waals surface area contributed by atoms with Crippen molar-refractivity contribution in [1.82, 2.24) is 24.6 Å². The zero-order chi connectivity index (χ0) is 24.8. The van der Waals surface area contributed by atoms with Crippen LogP contribution in [0, 0.1) is 12.7 Å². The number of nitrogens with zero attached hydrogens (tertiary/aromatic N) is 6. The molecule has 6 rings (SSSR count). The fourth-order valence-electron chi connectivity index (χ4n) is 4.75. The van der Waals surface area contributed by atoms with Crippen LogP contribution >= 0.6 is 0 Å². The lowest BCUT2D eigenvalue weighted by Crippen LogP contribution is -2.49. The van der Waals surface area contributed by atoms with Gasteiger partial charge < -0.3 is 14.5 Å². The van der Waals surface area contributed by atoms with Crippen molar-refractivity contribution in [2.24, 2.45) is 0 Å². The van der Waals surface area contributed by atoms with Crippen LogP contribution in [0.2, 0.25) is 0 Å². The zero-order valence-electron chi connectivity index (χ0n) is 20.3. The van der Waals surface area contributed by atoms with Gasteiger partial charge in [0.05, 0.1) is 23.9 Å². The van der Waals surface area contributed by atoms with E-state index in [0.717, 1.165) is 46.9 Å². The molecule has 2 aliphatic rings. The van der Waals surface area contributed by atoms with Gasteiger partial charge in [-0.15, -0.1) is 0 Å². The topological polar surface area (TPSA) is 76.4 Å². The number of methoxy groups -OCH3 is 1. The predicted molar refractivity (Wildman–Crippen MR) is 134 cm³/mol. The van der Waals surface area contributed by atoms with Crippen LogP contribution in [0.15, 0.2) is 48.5 Å². The molecule has 3 heterocycles. The molecule has 0 radical (unpaired) electrons. The van der Waals surface area contributed by atoms with Crippen LogP contribution in [0.4, 0.5) is 10.2 Å². The lowest BCUT2D eigenvalue weighted by Gasteiger charge is -2.36. The van der Waals surface area contributed by atoms with Crippen molar-refractivity contribution in [2.75, 3.05) is 38.2 Å². The molecule has 1 aliphatic carbocycles. The highest BCUT2D eigenvalue weighted by Gasteiger charge is 2.31. The molecule has 0 bridgehead atoms. The van der Waals surface area contributed by atoms with Crippen molar-refractivity contribution in [2.45, 2.75) is 25.7 Å². The summed E-state index contributed by atoms with van der Waals surface area (Å²) in [6, 6.07) is 13.5. The maximum Gasteiger partial charge on any atom is 0.254 e. The van der Waals surface area contributed by atoms with E-state index in [0.29, 0.717) is 43.4 Å². The number of anilines is 1. The second-order valence-electron chi connectivity index (χ2n) is 9.36. The third-order valence-corrected chi connectivity index (χ3v) is 6.90. The number of fused-ring (bicyclic) bond motifs is 1. The second-order valence-corrected chi connectivity index (χ2v) is 9.36. The van der Waals surface area contributed by atoms with Crippen molar-refractivity contribution in [3.05, 3.63) is 71.4 Å². The monoisotopic (exact) mass is 486 g/mol. The fraction of sp³-hybridized carbons (Fsp3) is 0.333. The molecule has 4 aromatic rings. The lowest BCUT2D eigenvalue weighted by atomic mass is 10.1. The zero-order valence-corrected chi connectivity index (χ0v) is 20.3. The Morgan fingerprint density at radius 1 is 1.03 bits per heavy atom. The number of piperazine rings is 1. The molecule has 2 fully saturated rings. The number of carbonyl (C=O) groups is 1. The molecule has 1 aliphatic heterocycles. The van der Waals surface area contributed by atoms with E-state index in [1.165, 1.54) is 12.1 Å². The van der Waals surface area contributed by atoms with Gasteiger partial charge in [0.15, 0.2) is 5.65 Å². The molecule has 0 unspecified atom stereocenters. The molecule has 1 saturated carbocycles. The van der Waals surface area contributed by atoms with E-state index in [-0.39, 0.29) is 11.7 Å². The first kappa shape index (κ1) is 22.5. The Morgan fingerprint density at radius 3 is 2.47 bits per heavy atom. The van der Waals surface area contributed by atoms with E-state index in [2.05, 4.69) is 4.90 Å². The summed E-state index contributed by atoms with van der Waals surface area (Å²) in [7, 11) is 1.60. The third-order valence-electron chi connectivity index (χ3n) is 6.90. The highest BCUT2D eigenvalue weighted by atomic mass is 19.1. The highest BCUT2D eigenvalue weighted by molar-refractivity contribution is 5.95. The van der Waals surface area contributed by atoms with Gasteiger partial charge in [0.25, 0.3) is 5.91 Å². The fourth-order valence-corrected chi connectivity index (χ4v) is 4.75. The predicted octanol–water partition coefficient (Wildman–Crippen LogP) is 4.11. The Balaban J connectivity index is 1.31. The molecule has 36 heavy (non-hydrogen) atoms. The maximum absolute atomic E-state index is 13.5. The number of ether oxygens (including phenoxy) is 1. The summed E-state index contributed by atoms with van der Waals surface area (Å²) < 4.78 is 20.6. The number of hydrogen-bond donors (Lipinski definition) is 0. The van der Waals surface area contributed by atoms with Gasteiger partial charge in [0, 0.05) is 37.7 Å². The van der Waals surface area contributed by atoms with Crippen molar-refractivity contribution in [3.63, 3.8) is 0 Å². The highest BCUT2D eigenvalue weighted by Crippen LogP contribution is 2.40.